The summed E-state index contributed by atoms with van der Waals surface area (Å²) < 4.78 is 40.5. The van der Waals surface area contributed by atoms with E-state index in [1.807, 2.05) is 0 Å². The molecule has 94 valence electrons. The van der Waals surface area contributed by atoms with Gasteiger partial charge in [0.25, 0.3) is 0 Å². The van der Waals surface area contributed by atoms with Crippen molar-refractivity contribution in [2.75, 3.05) is 0 Å². The van der Waals surface area contributed by atoms with Crippen LogP contribution in [0.1, 0.15) is 25.3 Å². The quantitative estimate of drug-likeness (QED) is 0.879. The molecule has 1 aliphatic rings. The normalized spacial score (nSPS) is 17.9. The first kappa shape index (κ1) is 12.2. The molecule has 0 heterocycles. The van der Waals surface area contributed by atoms with Gasteiger partial charge in [-0.3, -0.25) is 0 Å². The second kappa shape index (κ2) is 4.22. The maximum atomic E-state index is 12.2. The molecule has 0 aliphatic heterocycles. The van der Waals surface area contributed by atoms with Crippen LogP contribution in [0.2, 0.25) is 0 Å². The van der Waals surface area contributed by atoms with E-state index in [9.17, 15) is 13.2 Å². The molecule has 0 bridgehead atoms. The van der Waals surface area contributed by atoms with Crippen LogP contribution in [0.25, 0.3) is 0 Å². The second-order valence-electron chi connectivity index (χ2n) is 4.57. The van der Waals surface area contributed by atoms with Crippen LogP contribution in [0.15, 0.2) is 24.3 Å². The van der Waals surface area contributed by atoms with Crippen LogP contribution in [0.4, 0.5) is 13.2 Å². The Labute approximate surface area is 97.8 Å². The molecule has 1 saturated carbocycles. The van der Waals surface area contributed by atoms with E-state index >= 15 is 0 Å². The smallest absolute Gasteiger partial charge is 0.405 e. The standard InChI is InChI=1S/C12H14F3NO/c1-11(6-7-11)16-8-9-4-2-3-5-10(9)17-12(13,14)15/h2-5,16H,6-8H2,1H3. The Morgan fingerprint density at radius 3 is 2.53 bits per heavy atom. The number of nitrogens with one attached hydrogen (secondary N) is 1. The van der Waals surface area contributed by atoms with Gasteiger partial charge in [-0.05, 0) is 25.8 Å². The van der Waals surface area contributed by atoms with Gasteiger partial charge in [-0.1, -0.05) is 18.2 Å². The maximum absolute atomic E-state index is 12.2. The van der Waals surface area contributed by atoms with Crippen molar-refractivity contribution >= 4 is 0 Å². The monoisotopic (exact) mass is 245 g/mol. The molecule has 0 amide bonds. The molecule has 1 aromatic rings. The maximum Gasteiger partial charge on any atom is 0.573 e. The number of halogens is 3. The van der Waals surface area contributed by atoms with Crippen molar-refractivity contribution in [2.45, 2.75) is 38.2 Å². The van der Waals surface area contributed by atoms with E-state index in [2.05, 4.69) is 17.0 Å². The third-order valence-electron chi connectivity index (χ3n) is 2.90. The molecular weight excluding hydrogens is 231 g/mol. The molecular formula is C12H14F3NO. The SMILES string of the molecule is CC1(NCc2ccccc2OC(F)(F)F)CC1. The fraction of sp³-hybridized carbons (Fsp3) is 0.500. The van der Waals surface area contributed by atoms with Crippen molar-refractivity contribution < 1.29 is 17.9 Å². The molecule has 5 heteroatoms. The van der Waals surface area contributed by atoms with E-state index in [1.165, 1.54) is 12.1 Å². The first-order chi connectivity index (χ1) is 7.88. The summed E-state index contributed by atoms with van der Waals surface area (Å²) >= 11 is 0. The van der Waals surface area contributed by atoms with Crippen molar-refractivity contribution in [3.8, 4) is 5.75 Å². The average molecular weight is 245 g/mol. The first-order valence-corrected chi connectivity index (χ1v) is 5.47. The minimum Gasteiger partial charge on any atom is -0.405 e. The Morgan fingerprint density at radius 2 is 1.94 bits per heavy atom. The van der Waals surface area contributed by atoms with Crippen molar-refractivity contribution in [3.63, 3.8) is 0 Å². The summed E-state index contributed by atoms with van der Waals surface area (Å²) in [6.45, 7) is 2.45. The predicted octanol–water partition coefficient (Wildman–Crippen LogP) is 3.23. The van der Waals surface area contributed by atoms with Gasteiger partial charge >= 0.3 is 6.36 Å². The van der Waals surface area contributed by atoms with Crippen LogP contribution in [0.5, 0.6) is 5.75 Å². The minimum absolute atomic E-state index is 0.0886. The van der Waals surface area contributed by atoms with Crippen LogP contribution in [-0.2, 0) is 6.54 Å². The fourth-order valence-corrected chi connectivity index (χ4v) is 1.55. The van der Waals surface area contributed by atoms with Gasteiger partial charge in [0.2, 0.25) is 0 Å². The van der Waals surface area contributed by atoms with Crippen LogP contribution in [0, 0.1) is 0 Å². The van der Waals surface area contributed by atoms with Crippen LogP contribution >= 0.6 is 0 Å². The number of rotatable bonds is 4. The number of benzene rings is 1. The Morgan fingerprint density at radius 1 is 1.29 bits per heavy atom. The molecule has 2 nitrogen and oxygen atoms in total. The summed E-state index contributed by atoms with van der Waals surface area (Å²) in [6.07, 6.45) is -2.51. The molecule has 0 atom stereocenters. The molecule has 1 aliphatic carbocycles. The van der Waals surface area contributed by atoms with E-state index in [0.717, 1.165) is 12.8 Å². The van der Waals surface area contributed by atoms with Gasteiger partial charge < -0.3 is 10.1 Å². The number of alkyl halides is 3. The van der Waals surface area contributed by atoms with Gasteiger partial charge in [-0.2, -0.15) is 0 Å². The van der Waals surface area contributed by atoms with E-state index < -0.39 is 6.36 Å². The number of ether oxygens (including phenoxy) is 1. The van der Waals surface area contributed by atoms with Crippen LogP contribution in [0.3, 0.4) is 0 Å². The van der Waals surface area contributed by atoms with Gasteiger partial charge in [0.05, 0.1) is 0 Å². The molecule has 0 saturated heterocycles. The van der Waals surface area contributed by atoms with Crippen molar-refractivity contribution in [1.82, 2.24) is 5.32 Å². The second-order valence-corrected chi connectivity index (χ2v) is 4.57. The average Bonchev–Trinajstić information content (AvgIpc) is 2.94. The van der Waals surface area contributed by atoms with Gasteiger partial charge in [0.15, 0.2) is 0 Å². The summed E-state index contributed by atoms with van der Waals surface area (Å²) in [5.41, 5.74) is 0.615. The lowest BCUT2D eigenvalue weighted by Gasteiger charge is -2.15. The third kappa shape index (κ3) is 3.63. The van der Waals surface area contributed by atoms with Crippen molar-refractivity contribution in [3.05, 3.63) is 29.8 Å². The van der Waals surface area contributed by atoms with Gasteiger partial charge in [0.1, 0.15) is 5.75 Å². The number of hydrogen-bond acceptors (Lipinski definition) is 2. The fourth-order valence-electron chi connectivity index (χ4n) is 1.55. The van der Waals surface area contributed by atoms with Gasteiger partial charge in [0, 0.05) is 17.6 Å². The third-order valence-corrected chi connectivity index (χ3v) is 2.90. The Kier molecular flexibility index (Phi) is 3.03. The summed E-state index contributed by atoms with van der Waals surface area (Å²) in [6, 6.07) is 6.21. The minimum atomic E-state index is -4.64. The topological polar surface area (TPSA) is 21.3 Å². The summed E-state index contributed by atoms with van der Waals surface area (Å²) in [7, 11) is 0. The van der Waals surface area contributed by atoms with E-state index in [4.69, 9.17) is 0 Å². The van der Waals surface area contributed by atoms with E-state index in [0.29, 0.717) is 12.1 Å². The van der Waals surface area contributed by atoms with Crippen molar-refractivity contribution in [2.24, 2.45) is 0 Å². The predicted molar refractivity (Wildman–Crippen MR) is 57.6 cm³/mol. The lowest BCUT2D eigenvalue weighted by Crippen LogP contribution is -2.27. The zero-order valence-electron chi connectivity index (χ0n) is 9.47. The Bertz CT molecular complexity index is 399. The molecule has 0 spiro atoms. The van der Waals surface area contributed by atoms with Crippen LogP contribution < -0.4 is 10.1 Å². The lowest BCUT2D eigenvalue weighted by molar-refractivity contribution is -0.274. The highest BCUT2D eigenvalue weighted by Crippen LogP contribution is 2.35. The number of hydrogen-bond donors (Lipinski definition) is 1. The van der Waals surface area contributed by atoms with E-state index in [-0.39, 0.29) is 11.3 Å². The Balaban J connectivity index is 2.04. The molecule has 0 unspecified atom stereocenters. The molecule has 1 aromatic carbocycles. The summed E-state index contributed by atoms with van der Waals surface area (Å²) in [5.74, 6) is -0.128. The molecule has 1 N–H and O–H groups in total. The molecule has 1 fully saturated rings. The molecule has 0 aromatic heterocycles. The zero-order valence-corrected chi connectivity index (χ0v) is 9.47. The van der Waals surface area contributed by atoms with Crippen LogP contribution in [-0.4, -0.2) is 11.9 Å². The lowest BCUT2D eigenvalue weighted by atomic mass is 10.2. The molecule has 2 rings (SSSR count). The van der Waals surface area contributed by atoms with E-state index in [1.54, 1.807) is 12.1 Å². The highest BCUT2D eigenvalue weighted by atomic mass is 19.4. The van der Waals surface area contributed by atoms with Gasteiger partial charge in [-0.15, -0.1) is 13.2 Å². The number of para-hydroxylation sites is 1. The molecule has 17 heavy (non-hydrogen) atoms. The molecule has 0 radical (unpaired) electrons. The largest absolute Gasteiger partial charge is 0.573 e. The summed E-state index contributed by atoms with van der Waals surface area (Å²) in [4.78, 5) is 0. The Hall–Kier alpha value is -1.23. The highest BCUT2D eigenvalue weighted by molar-refractivity contribution is 5.33. The summed E-state index contributed by atoms with van der Waals surface area (Å²) in [5, 5.41) is 3.23. The zero-order chi connectivity index (χ0) is 12.5. The highest BCUT2D eigenvalue weighted by Gasteiger charge is 2.37. The van der Waals surface area contributed by atoms with Crippen molar-refractivity contribution in [1.29, 1.82) is 0 Å². The van der Waals surface area contributed by atoms with Gasteiger partial charge in [-0.25, -0.2) is 0 Å². The first-order valence-electron chi connectivity index (χ1n) is 5.47.